The molecule has 3 heterocycles. The summed E-state index contributed by atoms with van der Waals surface area (Å²) in [6.07, 6.45) is 3.11. The number of benzene rings is 1. The topological polar surface area (TPSA) is 98.1 Å². The summed E-state index contributed by atoms with van der Waals surface area (Å²) in [4.78, 5) is 22.6. The Hall–Kier alpha value is -3.49. The third-order valence-electron chi connectivity index (χ3n) is 4.88. The molecule has 1 fully saturated rings. The number of para-hydroxylation sites is 1. The Labute approximate surface area is 168 Å². The molecule has 0 bridgehead atoms. The first kappa shape index (κ1) is 18.9. The molecule has 0 saturated carbocycles. The summed E-state index contributed by atoms with van der Waals surface area (Å²) in [6.45, 7) is 6.43. The Morgan fingerprint density at radius 2 is 1.97 bits per heavy atom. The quantitative estimate of drug-likeness (QED) is 0.686. The van der Waals surface area contributed by atoms with Crippen LogP contribution in [0.1, 0.15) is 32.5 Å². The van der Waals surface area contributed by atoms with Crippen molar-refractivity contribution in [1.82, 2.24) is 25.0 Å². The van der Waals surface area contributed by atoms with E-state index in [-0.39, 0.29) is 24.1 Å². The number of cyclic esters (lactones) is 1. The Morgan fingerprint density at radius 1 is 1.17 bits per heavy atom. The summed E-state index contributed by atoms with van der Waals surface area (Å²) < 4.78 is 6.93. The lowest BCUT2D eigenvalue weighted by atomic mass is 10.0. The summed E-state index contributed by atoms with van der Waals surface area (Å²) in [5.74, 6) is 1.18. The monoisotopic (exact) mass is 393 g/mol. The minimum absolute atomic E-state index is 0.0477. The van der Waals surface area contributed by atoms with Crippen molar-refractivity contribution in [1.29, 1.82) is 0 Å². The summed E-state index contributed by atoms with van der Waals surface area (Å²) >= 11 is 0. The second-order valence-corrected chi connectivity index (χ2v) is 7.29. The van der Waals surface area contributed by atoms with Crippen molar-refractivity contribution in [3.05, 3.63) is 54.5 Å². The largest absolute Gasteiger partial charge is 0.447 e. The van der Waals surface area contributed by atoms with Crippen LogP contribution in [0.3, 0.4) is 0 Å². The Bertz CT molecular complexity index is 989. The molecule has 1 aromatic carbocycles. The molecule has 1 amide bonds. The molecule has 9 nitrogen and oxygen atoms in total. The average Bonchev–Trinajstić information content (AvgIpc) is 3.36. The molecular weight excluding hydrogens is 370 g/mol. The van der Waals surface area contributed by atoms with Gasteiger partial charge in [0, 0.05) is 6.20 Å². The average molecular weight is 393 g/mol. The van der Waals surface area contributed by atoms with Gasteiger partial charge in [0.25, 0.3) is 0 Å². The van der Waals surface area contributed by atoms with Crippen LogP contribution in [0, 0.1) is 5.92 Å². The molecule has 1 aliphatic heterocycles. The first-order valence-electron chi connectivity index (χ1n) is 9.56. The van der Waals surface area contributed by atoms with Crippen LogP contribution in [0.25, 0.3) is 5.69 Å². The van der Waals surface area contributed by atoms with Gasteiger partial charge in [-0.2, -0.15) is 4.98 Å². The molecule has 0 spiro atoms. The van der Waals surface area contributed by atoms with Gasteiger partial charge in [-0.05, 0) is 31.0 Å². The van der Waals surface area contributed by atoms with Crippen molar-refractivity contribution in [3.63, 3.8) is 0 Å². The zero-order chi connectivity index (χ0) is 20.4. The number of ether oxygens (including phenoxy) is 1. The molecule has 29 heavy (non-hydrogen) atoms. The molecule has 0 radical (unpaired) electrons. The molecular formula is C20H23N7O2. The minimum Gasteiger partial charge on any atom is -0.447 e. The van der Waals surface area contributed by atoms with Gasteiger partial charge in [-0.1, -0.05) is 37.3 Å². The zero-order valence-corrected chi connectivity index (χ0v) is 16.6. The predicted octanol–water partition coefficient (Wildman–Crippen LogP) is 3.21. The number of carbonyl (C=O) groups is 1. The SMILES string of the molecule is CC(Nc1nccc(N2C(=O)OC[C@@H]2C(C)C)n1)c1cn(-c2ccccc2)nn1. The maximum Gasteiger partial charge on any atom is 0.415 e. The number of carbonyl (C=O) groups excluding carboxylic acids is 1. The van der Waals surface area contributed by atoms with E-state index in [1.165, 1.54) is 0 Å². The van der Waals surface area contributed by atoms with E-state index in [0.717, 1.165) is 11.4 Å². The summed E-state index contributed by atoms with van der Waals surface area (Å²) in [6, 6.07) is 11.3. The fourth-order valence-corrected chi connectivity index (χ4v) is 3.19. The van der Waals surface area contributed by atoms with Crippen LogP contribution < -0.4 is 10.2 Å². The normalized spacial score (nSPS) is 17.4. The Kier molecular flexibility index (Phi) is 5.11. The maximum absolute atomic E-state index is 12.2. The number of rotatable bonds is 6. The molecule has 9 heteroatoms. The van der Waals surface area contributed by atoms with E-state index in [1.54, 1.807) is 21.8 Å². The van der Waals surface area contributed by atoms with Gasteiger partial charge < -0.3 is 10.1 Å². The number of anilines is 2. The lowest BCUT2D eigenvalue weighted by Crippen LogP contribution is -2.37. The highest BCUT2D eigenvalue weighted by Gasteiger charge is 2.37. The van der Waals surface area contributed by atoms with Crippen molar-refractivity contribution in [3.8, 4) is 5.69 Å². The second-order valence-electron chi connectivity index (χ2n) is 7.29. The molecule has 0 aliphatic carbocycles. The van der Waals surface area contributed by atoms with Gasteiger partial charge in [0.05, 0.1) is 24.0 Å². The van der Waals surface area contributed by atoms with Gasteiger partial charge in [-0.25, -0.2) is 14.5 Å². The van der Waals surface area contributed by atoms with E-state index >= 15 is 0 Å². The van der Waals surface area contributed by atoms with Crippen LogP contribution in [0.15, 0.2) is 48.8 Å². The fourth-order valence-electron chi connectivity index (χ4n) is 3.19. The first-order chi connectivity index (χ1) is 14.0. The molecule has 2 atom stereocenters. The van der Waals surface area contributed by atoms with E-state index in [4.69, 9.17) is 4.74 Å². The highest BCUT2D eigenvalue weighted by Crippen LogP contribution is 2.26. The number of amides is 1. The van der Waals surface area contributed by atoms with Crippen molar-refractivity contribution < 1.29 is 9.53 Å². The minimum atomic E-state index is -0.382. The van der Waals surface area contributed by atoms with Gasteiger partial charge in [0.1, 0.15) is 18.1 Å². The molecule has 1 saturated heterocycles. The second kappa shape index (κ2) is 7.86. The van der Waals surface area contributed by atoms with Crippen LogP contribution in [0.4, 0.5) is 16.6 Å². The Balaban J connectivity index is 1.51. The van der Waals surface area contributed by atoms with Crippen LogP contribution in [0.2, 0.25) is 0 Å². The van der Waals surface area contributed by atoms with Crippen LogP contribution in [0.5, 0.6) is 0 Å². The van der Waals surface area contributed by atoms with Gasteiger partial charge in [-0.3, -0.25) is 4.90 Å². The van der Waals surface area contributed by atoms with Gasteiger partial charge in [0.15, 0.2) is 0 Å². The number of nitrogens with zero attached hydrogens (tertiary/aromatic N) is 6. The van der Waals surface area contributed by atoms with Crippen molar-refractivity contribution in [2.24, 2.45) is 5.92 Å². The fraction of sp³-hybridized carbons (Fsp3) is 0.350. The van der Waals surface area contributed by atoms with Crippen LogP contribution in [-0.2, 0) is 4.74 Å². The van der Waals surface area contributed by atoms with Crippen LogP contribution >= 0.6 is 0 Å². The van der Waals surface area contributed by atoms with E-state index in [0.29, 0.717) is 18.4 Å². The van der Waals surface area contributed by atoms with E-state index in [2.05, 4.69) is 39.4 Å². The lowest BCUT2D eigenvalue weighted by molar-refractivity contribution is 0.177. The first-order valence-corrected chi connectivity index (χ1v) is 9.56. The number of aromatic nitrogens is 5. The lowest BCUT2D eigenvalue weighted by Gasteiger charge is -2.23. The van der Waals surface area contributed by atoms with Crippen molar-refractivity contribution in [2.75, 3.05) is 16.8 Å². The molecule has 2 aromatic heterocycles. The van der Waals surface area contributed by atoms with Crippen LogP contribution in [-0.4, -0.2) is 43.7 Å². The summed E-state index contributed by atoms with van der Waals surface area (Å²) in [7, 11) is 0. The third kappa shape index (κ3) is 3.89. The molecule has 1 unspecified atom stereocenters. The standard InChI is InChI=1S/C20H23N7O2/c1-13(2)17-12-29-20(28)27(17)18-9-10-21-19(23-18)22-14(3)16-11-26(25-24-16)15-7-5-4-6-8-15/h4-11,13-14,17H,12H2,1-3H3,(H,21,22,23)/t14?,17-/m1/s1. The smallest absolute Gasteiger partial charge is 0.415 e. The molecule has 150 valence electrons. The molecule has 4 rings (SSSR count). The van der Waals surface area contributed by atoms with E-state index in [9.17, 15) is 4.79 Å². The molecule has 1 aliphatic rings. The summed E-state index contributed by atoms with van der Waals surface area (Å²) in [5, 5.41) is 11.7. The van der Waals surface area contributed by atoms with E-state index in [1.807, 2.05) is 43.5 Å². The number of nitrogens with one attached hydrogen (secondary N) is 1. The summed E-state index contributed by atoms with van der Waals surface area (Å²) in [5.41, 5.74) is 1.69. The maximum atomic E-state index is 12.2. The number of hydrogen-bond donors (Lipinski definition) is 1. The molecule has 3 aromatic rings. The van der Waals surface area contributed by atoms with Gasteiger partial charge >= 0.3 is 6.09 Å². The van der Waals surface area contributed by atoms with E-state index < -0.39 is 0 Å². The Morgan fingerprint density at radius 3 is 2.72 bits per heavy atom. The van der Waals surface area contributed by atoms with Crippen molar-refractivity contribution in [2.45, 2.75) is 32.9 Å². The predicted molar refractivity (Wildman–Crippen MR) is 108 cm³/mol. The van der Waals surface area contributed by atoms with Gasteiger partial charge in [0.2, 0.25) is 5.95 Å². The number of hydrogen-bond acceptors (Lipinski definition) is 7. The van der Waals surface area contributed by atoms with Gasteiger partial charge in [-0.15, -0.1) is 5.10 Å². The highest BCUT2D eigenvalue weighted by atomic mass is 16.6. The molecule has 1 N–H and O–H groups in total. The zero-order valence-electron chi connectivity index (χ0n) is 16.6. The van der Waals surface area contributed by atoms with Crippen molar-refractivity contribution >= 4 is 17.9 Å². The highest BCUT2D eigenvalue weighted by molar-refractivity contribution is 5.89. The third-order valence-corrected chi connectivity index (χ3v) is 4.88.